The number of aryl methyl sites for hydroxylation is 1. The fourth-order valence-corrected chi connectivity index (χ4v) is 3.87. The number of nitrogen functional groups attached to an aromatic ring is 1. The number of carbonyl (C=O) groups excluding carboxylic acids is 1. The van der Waals surface area contributed by atoms with E-state index >= 15 is 0 Å². The van der Waals surface area contributed by atoms with E-state index in [9.17, 15) is 9.18 Å². The van der Waals surface area contributed by atoms with Crippen LogP contribution in [0, 0.1) is 19.7 Å². The summed E-state index contributed by atoms with van der Waals surface area (Å²) in [4.78, 5) is 22.8. The van der Waals surface area contributed by atoms with Crippen LogP contribution in [0.4, 0.5) is 15.9 Å². The Bertz CT molecular complexity index is 1520. The van der Waals surface area contributed by atoms with Crippen molar-refractivity contribution in [1.29, 1.82) is 0 Å². The third kappa shape index (κ3) is 3.15. The number of nitrogens with zero attached hydrogens (tertiary/aromatic N) is 3. The van der Waals surface area contributed by atoms with Gasteiger partial charge in [0.15, 0.2) is 5.65 Å². The number of benzene rings is 3. The molecule has 0 atom stereocenters. The summed E-state index contributed by atoms with van der Waals surface area (Å²) in [5.41, 5.74) is 12.2. The highest BCUT2D eigenvalue weighted by molar-refractivity contribution is 6.16. The zero-order chi connectivity index (χ0) is 22.4. The minimum Gasteiger partial charge on any atom is -0.384 e. The molecular formula is C25H20FN5O. The van der Waals surface area contributed by atoms with Gasteiger partial charge in [-0.2, -0.15) is 0 Å². The Morgan fingerprint density at radius 2 is 1.69 bits per heavy atom. The predicted molar refractivity (Wildman–Crippen MR) is 125 cm³/mol. The summed E-state index contributed by atoms with van der Waals surface area (Å²) in [5, 5.41) is 2.73. The summed E-state index contributed by atoms with van der Waals surface area (Å²) < 4.78 is 15.4. The topological polar surface area (TPSA) is 85.8 Å². The van der Waals surface area contributed by atoms with Crippen molar-refractivity contribution < 1.29 is 9.18 Å². The molecule has 5 rings (SSSR count). The van der Waals surface area contributed by atoms with Gasteiger partial charge in [-0.3, -0.25) is 9.36 Å². The number of carbonyl (C=O) groups is 1. The highest BCUT2D eigenvalue weighted by Gasteiger charge is 2.25. The molecule has 0 saturated heterocycles. The Kier molecular flexibility index (Phi) is 4.59. The Morgan fingerprint density at radius 3 is 2.44 bits per heavy atom. The monoisotopic (exact) mass is 425 g/mol. The number of nitrogens with one attached hydrogen (secondary N) is 1. The lowest BCUT2D eigenvalue weighted by Gasteiger charge is -2.13. The first-order valence-electron chi connectivity index (χ1n) is 10.1. The number of aromatic nitrogens is 3. The van der Waals surface area contributed by atoms with E-state index in [0.29, 0.717) is 27.9 Å². The summed E-state index contributed by atoms with van der Waals surface area (Å²) in [6, 6.07) is 19.0. The van der Waals surface area contributed by atoms with E-state index < -0.39 is 11.7 Å². The second-order valence-corrected chi connectivity index (χ2v) is 7.66. The smallest absolute Gasteiger partial charge is 0.261 e. The normalized spacial score (nSPS) is 11.2. The number of hydrogen-bond acceptors (Lipinski definition) is 4. The lowest BCUT2D eigenvalue weighted by molar-refractivity contribution is 0.102. The van der Waals surface area contributed by atoms with Crippen molar-refractivity contribution in [3.05, 3.63) is 89.2 Å². The maximum Gasteiger partial charge on any atom is 0.261 e. The largest absolute Gasteiger partial charge is 0.384 e. The SMILES string of the molecule is Cc1cccc(-n2c(N)c(C(=O)Nc3cccc(F)c3)c3nc4ccccc4nc32)c1C. The van der Waals surface area contributed by atoms with Crippen molar-refractivity contribution in [1.82, 2.24) is 14.5 Å². The molecule has 0 unspecified atom stereocenters. The van der Waals surface area contributed by atoms with Gasteiger partial charge in [0.05, 0.1) is 16.7 Å². The molecule has 0 aliphatic rings. The minimum absolute atomic E-state index is 0.198. The summed E-state index contributed by atoms with van der Waals surface area (Å²) >= 11 is 0. The molecule has 1 amide bonds. The summed E-state index contributed by atoms with van der Waals surface area (Å²) in [5.74, 6) is -0.705. The molecule has 32 heavy (non-hydrogen) atoms. The molecule has 3 aromatic carbocycles. The molecule has 0 saturated carbocycles. The van der Waals surface area contributed by atoms with Gasteiger partial charge in [-0.15, -0.1) is 0 Å². The molecule has 6 nitrogen and oxygen atoms in total. The summed E-state index contributed by atoms with van der Waals surface area (Å²) in [7, 11) is 0. The van der Waals surface area contributed by atoms with Crippen LogP contribution in [0.3, 0.4) is 0 Å². The quantitative estimate of drug-likeness (QED) is 0.418. The van der Waals surface area contributed by atoms with Crippen molar-refractivity contribution >= 4 is 39.6 Å². The molecule has 2 heterocycles. The molecule has 0 radical (unpaired) electrons. The number of fused-ring (bicyclic) bond motifs is 2. The molecule has 2 aromatic heterocycles. The zero-order valence-electron chi connectivity index (χ0n) is 17.6. The van der Waals surface area contributed by atoms with Crippen LogP contribution in [0.15, 0.2) is 66.7 Å². The van der Waals surface area contributed by atoms with E-state index in [-0.39, 0.29) is 11.4 Å². The van der Waals surface area contributed by atoms with E-state index in [1.54, 1.807) is 10.6 Å². The maximum atomic E-state index is 13.6. The van der Waals surface area contributed by atoms with E-state index in [2.05, 4.69) is 5.32 Å². The fourth-order valence-electron chi connectivity index (χ4n) is 3.87. The van der Waals surface area contributed by atoms with E-state index in [4.69, 9.17) is 15.7 Å². The molecule has 3 N–H and O–H groups in total. The fraction of sp³-hybridized carbons (Fsp3) is 0.0800. The minimum atomic E-state index is -0.480. The zero-order valence-corrected chi connectivity index (χ0v) is 17.6. The summed E-state index contributed by atoms with van der Waals surface area (Å²) in [6.07, 6.45) is 0. The Balaban J connectivity index is 1.79. The number of nitrogens with two attached hydrogens (primary N) is 1. The van der Waals surface area contributed by atoms with Gasteiger partial charge in [0, 0.05) is 5.69 Å². The standard InChI is InChI=1S/C25H20FN5O/c1-14-7-5-12-20(15(14)2)31-23(27)21(25(32)28-17-9-6-8-16(26)13-17)22-24(31)30-19-11-4-3-10-18(19)29-22/h3-13H,27H2,1-2H3,(H,28,32). The Hall–Kier alpha value is -4.26. The van der Waals surface area contributed by atoms with Crippen molar-refractivity contribution in [2.24, 2.45) is 0 Å². The van der Waals surface area contributed by atoms with Crippen LogP contribution < -0.4 is 11.1 Å². The first kappa shape index (κ1) is 19.7. The van der Waals surface area contributed by atoms with Gasteiger partial charge in [0.2, 0.25) is 0 Å². The van der Waals surface area contributed by atoms with Crippen LogP contribution in [0.25, 0.3) is 27.9 Å². The molecule has 5 aromatic rings. The summed E-state index contributed by atoms with van der Waals surface area (Å²) in [6.45, 7) is 4.01. The van der Waals surface area contributed by atoms with E-state index in [0.717, 1.165) is 16.8 Å². The molecule has 158 valence electrons. The van der Waals surface area contributed by atoms with Gasteiger partial charge in [-0.05, 0) is 61.4 Å². The highest BCUT2D eigenvalue weighted by Crippen LogP contribution is 2.33. The third-order valence-corrected chi connectivity index (χ3v) is 5.62. The van der Waals surface area contributed by atoms with Gasteiger partial charge >= 0.3 is 0 Å². The molecule has 0 aliphatic heterocycles. The van der Waals surface area contributed by atoms with Crippen molar-refractivity contribution in [3.8, 4) is 5.69 Å². The maximum absolute atomic E-state index is 13.6. The van der Waals surface area contributed by atoms with E-state index in [1.807, 2.05) is 56.3 Å². The van der Waals surface area contributed by atoms with Crippen LogP contribution in [0.1, 0.15) is 21.5 Å². The van der Waals surface area contributed by atoms with Crippen molar-refractivity contribution in [2.45, 2.75) is 13.8 Å². The Morgan fingerprint density at radius 1 is 0.969 bits per heavy atom. The molecule has 7 heteroatoms. The van der Waals surface area contributed by atoms with Crippen LogP contribution in [-0.2, 0) is 0 Å². The number of anilines is 2. The molecular weight excluding hydrogens is 405 g/mol. The average Bonchev–Trinajstić information content (AvgIpc) is 3.05. The van der Waals surface area contributed by atoms with Crippen molar-refractivity contribution in [2.75, 3.05) is 11.1 Å². The van der Waals surface area contributed by atoms with Gasteiger partial charge in [0.1, 0.15) is 22.7 Å². The van der Waals surface area contributed by atoms with Crippen LogP contribution >= 0.6 is 0 Å². The first-order valence-corrected chi connectivity index (χ1v) is 10.1. The highest BCUT2D eigenvalue weighted by atomic mass is 19.1. The number of rotatable bonds is 3. The van der Waals surface area contributed by atoms with Crippen molar-refractivity contribution in [3.63, 3.8) is 0 Å². The number of halogens is 1. The second-order valence-electron chi connectivity index (χ2n) is 7.66. The van der Waals surface area contributed by atoms with Gasteiger partial charge in [0.25, 0.3) is 5.91 Å². The van der Waals surface area contributed by atoms with Gasteiger partial charge in [-0.1, -0.05) is 30.3 Å². The molecule has 0 aliphatic carbocycles. The van der Waals surface area contributed by atoms with Crippen LogP contribution in [0.5, 0.6) is 0 Å². The Labute approximate surface area is 183 Å². The third-order valence-electron chi connectivity index (χ3n) is 5.62. The lowest BCUT2D eigenvalue weighted by Crippen LogP contribution is -2.14. The predicted octanol–water partition coefficient (Wildman–Crippen LogP) is 5.16. The average molecular weight is 425 g/mol. The second kappa shape index (κ2) is 7.46. The first-order chi connectivity index (χ1) is 15.4. The van der Waals surface area contributed by atoms with Gasteiger partial charge < -0.3 is 11.1 Å². The number of para-hydroxylation sites is 2. The van der Waals surface area contributed by atoms with E-state index in [1.165, 1.54) is 18.2 Å². The molecule has 0 bridgehead atoms. The number of hydrogen-bond donors (Lipinski definition) is 2. The van der Waals surface area contributed by atoms with Crippen LogP contribution in [-0.4, -0.2) is 20.4 Å². The number of amides is 1. The van der Waals surface area contributed by atoms with Crippen LogP contribution in [0.2, 0.25) is 0 Å². The van der Waals surface area contributed by atoms with Gasteiger partial charge in [-0.25, -0.2) is 14.4 Å². The molecule has 0 fully saturated rings. The lowest BCUT2D eigenvalue weighted by atomic mass is 10.1. The molecule has 0 spiro atoms.